The van der Waals surface area contributed by atoms with Gasteiger partial charge in [0.1, 0.15) is 5.75 Å². The number of para-hydroxylation sites is 1. The monoisotopic (exact) mass is 359 g/mol. The zero-order valence-electron chi connectivity index (χ0n) is 15.6. The number of carbonyl (C=O) groups is 1. The number of hydrogen-bond acceptors (Lipinski definition) is 4. The summed E-state index contributed by atoms with van der Waals surface area (Å²) < 4.78 is 5.21. The average molecular weight is 359 g/mol. The minimum absolute atomic E-state index is 0.0598. The number of pyridine rings is 1. The van der Waals surface area contributed by atoms with Crippen LogP contribution in [0.3, 0.4) is 0 Å². The van der Waals surface area contributed by atoms with Crippen LogP contribution in [0.25, 0.3) is 10.9 Å². The van der Waals surface area contributed by atoms with Gasteiger partial charge in [0.25, 0.3) is 5.56 Å². The molecule has 0 aliphatic rings. The molecule has 0 saturated carbocycles. The van der Waals surface area contributed by atoms with Gasteiger partial charge < -0.3 is 14.8 Å². The Morgan fingerprint density at radius 3 is 2.42 bits per heavy atom. The Bertz CT molecular complexity index is 766. The summed E-state index contributed by atoms with van der Waals surface area (Å²) in [5, 5.41) is 10.8. The van der Waals surface area contributed by atoms with Crippen molar-refractivity contribution in [2.24, 2.45) is 0 Å². The maximum absolute atomic E-state index is 12.1. The summed E-state index contributed by atoms with van der Waals surface area (Å²) in [5.74, 6) is -0.627. The molecule has 0 aliphatic heterocycles. The SMILES string of the molecule is CCCCCCCCCCOC(=O)Cc1c(O)c2ccccc2[nH]c1=O. The Morgan fingerprint density at radius 1 is 1.04 bits per heavy atom. The predicted octanol–water partition coefficient (Wildman–Crippen LogP) is 4.46. The molecular weight excluding hydrogens is 330 g/mol. The quantitative estimate of drug-likeness (QED) is 0.458. The van der Waals surface area contributed by atoms with Crippen molar-refractivity contribution in [2.75, 3.05) is 6.61 Å². The normalized spacial score (nSPS) is 11.0. The minimum Gasteiger partial charge on any atom is -0.507 e. The lowest BCUT2D eigenvalue weighted by atomic mass is 10.1. The number of ether oxygens (including phenoxy) is 1. The summed E-state index contributed by atoms with van der Waals surface area (Å²) in [6.45, 7) is 2.57. The molecule has 0 bridgehead atoms. The first-order chi connectivity index (χ1) is 12.6. The molecule has 1 aromatic carbocycles. The van der Waals surface area contributed by atoms with E-state index in [2.05, 4.69) is 11.9 Å². The molecule has 2 aromatic rings. The molecule has 5 heteroatoms. The molecule has 0 atom stereocenters. The number of esters is 1. The van der Waals surface area contributed by atoms with Crippen molar-refractivity contribution in [2.45, 2.75) is 64.7 Å². The van der Waals surface area contributed by atoms with E-state index in [-0.39, 0.29) is 17.7 Å². The van der Waals surface area contributed by atoms with Crippen LogP contribution in [0.15, 0.2) is 29.1 Å². The lowest BCUT2D eigenvalue weighted by Gasteiger charge is -2.08. The molecule has 1 aromatic heterocycles. The third kappa shape index (κ3) is 5.90. The maximum atomic E-state index is 12.1. The van der Waals surface area contributed by atoms with E-state index >= 15 is 0 Å². The molecular formula is C21H29NO4. The van der Waals surface area contributed by atoms with Crippen LogP contribution in [0.1, 0.15) is 63.9 Å². The summed E-state index contributed by atoms with van der Waals surface area (Å²) in [6.07, 6.45) is 9.18. The van der Waals surface area contributed by atoms with Gasteiger partial charge in [-0.3, -0.25) is 9.59 Å². The van der Waals surface area contributed by atoms with E-state index in [9.17, 15) is 14.7 Å². The largest absolute Gasteiger partial charge is 0.507 e. The summed E-state index contributed by atoms with van der Waals surface area (Å²) in [4.78, 5) is 26.7. The number of fused-ring (bicyclic) bond motifs is 1. The molecule has 0 unspecified atom stereocenters. The highest BCUT2D eigenvalue weighted by Crippen LogP contribution is 2.24. The van der Waals surface area contributed by atoms with Crippen LogP contribution >= 0.6 is 0 Å². The topological polar surface area (TPSA) is 79.4 Å². The van der Waals surface area contributed by atoms with E-state index in [4.69, 9.17) is 4.74 Å². The molecule has 2 rings (SSSR count). The van der Waals surface area contributed by atoms with Gasteiger partial charge >= 0.3 is 5.97 Å². The van der Waals surface area contributed by atoms with Crippen LogP contribution in [-0.4, -0.2) is 22.7 Å². The fourth-order valence-electron chi connectivity index (χ4n) is 3.05. The Kier molecular flexibility index (Phi) is 8.19. The van der Waals surface area contributed by atoms with Gasteiger partial charge in [-0.25, -0.2) is 0 Å². The van der Waals surface area contributed by atoms with Gasteiger partial charge in [-0.05, 0) is 18.6 Å². The van der Waals surface area contributed by atoms with Crippen molar-refractivity contribution in [3.8, 4) is 5.75 Å². The number of unbranched alkanes of at least 4 members (excludes halogenated alkanes) is 7. The number of H-pyrrole nitrogens is 1. The first-order valence-electron chi connectivity index (χ1n) is 9.62. The number of aromatic nitrogens is 1. The van der Waals surface area contributed by atoms with E-state index in [1.165, 1.54) is 32.1 Å². The van der Waals surface area contributed by atoms with Crippen LogP contribution in [0.2, 0.25) is 0 Å². The smallest absolute Gasteiger partial charge is 0.310 e. The molecule has 0 radical (unpaired) electrons. The van der Waals surface area contributed by atoms with Gasteiger partial charge in [0, 0.05) is 5.39 Å². The number of aromatic hydroxyl groups is 1. The number of hydrogen-bond donors (Lipinski definition) is 2. The van der Waals surface area contributed by atoms with Crippen molar-refractivity contribution in [1.29, 1.82) is 0 Å². The molecule has 0 aliphatic carbocycles. The first-order valence-corrected chi connectivity index (χ1v) is 9.62. The molecule has 2 N–H and O–H groups in total. The number of carbonyl (C=O) groups excluding carboxylic acids is 1. The highest BCUT2D eigenvalue weighted by molar-refractivity contribution is 5.87. The van der Waals surface area contributed by atoms with Crippen molar-refractivity contribution >= 4 is 16.9 Å². The minimum atomic E-state index is -0.482. The van der Waals surface area contributed by atoms with Crippen LogP contribution in [0.4, 0.5) is 0 Å². The van der Waals surface area contributed by atoms with Gasteiger partial charge in [0.05, 0.1) is 24.1 Å². The lowest BCUT2D eigenvalue weighted by Crippen LogP contribution is -2.18. The number of nitrogens with one attached hydrogen (secondary N) is 1. The fraction of sp³-hybridized carbons (Fsp3) is 0.524. The van der Waals surface area contributed by atoms with Gasteiger partial charge in [0.2, 0.25) is 0 Å². The highest BCUT2D eigenvalue weighted by Gasteiger charge is 2.16. The Labute approximate surface area is 154 Å². The van der Waals surface area contributed by atoms with Crippen molar-refractivity contribution in [3.63, 3.8) is 0 Å². The second-order valence-electron chi connectivity index (χ2n) is 6.70. The molecule has 142 valence electrons. The zero-order valence-corrected chi connectivity index (χ0v) is 15.6. The van der Waals surface area contributed by atoms with Crippen molar-refractivity contribution in [1.82, 2.24) is 4.98 Å². The van der Waals surface area contributed by atoms with Crippen LogP contribution in [0.5, 0.6) is 5.75 Å². The summed E-state index contributed by atoms with van der Waals surface area (Å²) in [5.41, 5.74) is 0.154. The van der Waals surface area contributed by atoms with Gasteiger partial charge in [-0.15, -0.1) is 0 Å². The van der Waals surface area contributed by atoms with Gasteiger partial charge in [0.15, 0.2) is 0 Å². The molecule has 0 amide bonds. The summed E-state index contributed by atoms with van der Waals surface area (Å²) >= 11 is 0. The standard InChI is InChI=1S/C21H29NO4/c1-2-3-4-5-6-7-8-11-14-26-19(23)15-17-20(24)16-12-9-10-13-18(16)22-21(17)25/h9-10,12-13H,2-8,11,14-15H2,1H3,(H2,22,24,25). The summed E-state index contributed by atoms with van der Waals surface area (Å²) in [6, 6.07) is 6.96. The predicted molar refractivity (Wildman–Crippen MR) is 104 cm³/mol. The maximum Gasteiger partial charge on any atom is 0.310 e. The van der Waals surface area contributed by atoms with Crippen LogP contribution < -0.4 is 5.56 Å². The van der Waals surface area contributed by atoms with Crippen LogP contribution in [0, 0.1) is 0 Å². The fourth-order valence-corrected chi connectivity index (χ4v) is 3.05. The number of benzene rings is 1. The molecule has 0 spiro atoms. The first kappa shape index (κ1) is 20.0. The third-order valence-corrected chi connectivity index (χ3v) is 4.57. The lowest BCUT2D eigenvalue weighted by molar-refractivity contribution is -0.143. The zero-order chi connectivity index (χ0) is 18.8. The Hall–Kier alpha value is -2.30. The second kappa shape index (κ2) is 10.6. The van der Waals surface area contributed by atoms with E-state index in [1.807, 2.05) is 0 Å². The van der Waals surface area contributed by atoms with Crippen molar-refractivity contribution in [3.05, 3.63) is 40.2 Å². The second-order valence-corrected chi connectivity index (χ2v) is 6.70. The van der Waals surface area contributed by atoms with Gasteiger partial charge in [-0.1, -0.05) is 64.0 Å². The van der Waals surface area contributed by atoms with E-state index < -0.39 is 11.5 Å². The number of aromatic amines is 1. The number of rotatable bonds is 11. The third-order valence-electron chi connectivity index (χ3n) is 4.57. The molecule has 5 nitrogen and oxygen atoms in total. The van der Waals surface area contributed by atoms with E-state index in [0.717, 1.165) is 19.3 Å². The molecule has 0 fully saturated rings. The van der Waals surface area contributed by atoms with Crippen LogP contribution in [-0.2, 0) is 16.0 Å². The van der Waals surface area contributed by atoms with Crippen molar-refractivity contribution < 1.29 is 14.6 Å². The molecule has 1 heterocycles. The van der Waals surface area contributed by atoms with E-state index in [1.54, 1.807) is 24.3 Å². The Morgan fingerprint density at radius 2 is 1.69 bits per heavy atom. The summed E-state index contributed by atoms with van der Waals surface area (Å²) in [7, 11) is 0. The van der Waals surface area contributed by atoms with E-state index in [0.29, 0.717) is 17.5 Å². The highest BCUT2D eigenvalue weighted by atomic mass is 16.5. The average Bonchev–Trinajstić information content (AvgIpc) is 2.64. The molecule has 26 heavy (non-hydrogen) atoms. The Balaban J connectivity index is 1.75. The molecule has 0 saturated heterocycles. The van der Waals surface area contributed by atoms with Gasteiger partial charge in [-0.2, -0.15) is 0 Å².